The Morgan fingerprint density at radius 1 is 1.04 bits per heavy atom. The van der Waals surface area contributed by atoms with Crippen LogP contribution in [0.5, 0.6) is 5.75 Å². The number of aryl methyl sites for hydroxylation is 1. The molecule has 0 saturated carbocycles. The van der Waals surface area contributed by atoms with Gasteiger partial charge in [0, 0.05) is 70.9 Å². The number of rotatable bonds is 12. The number of carbonyl (C=O) groups is 2. The predicted molar refractivity (Wildman–Crippen MR) is 212 cm³/mol. The van der Waals surface area contributed by atoms with Crippen molar-refractivity contribution in [3.8, 4) is 5.75 Å². The fourth-order valence-corrected chi connectivity index (χ4v) is 7.09. The number of amides is 2. The van der Waals surface area contributed by atoms with Gasteiger partial charge < -0.3 is 35.2 Å². The Morgan fingerprint density at radius 2 is 1.74 bits per heavy atom. The van der Waals surface area contributed by atoms with Crippen LogP contribution in [-0.2, 0) is 20.5 Å². The van der Waals surface area contributed by atoms with E-state index in [2.05, 4.69) is 48.7 Å². The first-order valence-electron chi connectivity index (χ1n) is 17.8. The Labute approximate surface area is 320 Å². The number of piperidine rings is 1. The van der Waals surface area contributed by atoms with Crippen LogP contribution in [0.25, 0.3) is 0 Å². The van der Waals surface area contributed by atoms with Crippen LogP contribution in [0.2, 0.25) is 5.02 Å². The van der Waals surface area contributed by atoms with E-state index in [-0.39, 0.29) is 12.5 Å². The summed E-state index contributed by atoms with van der Waals surface area (Å²) in [5.74, 6) is 1.87. The Balaban J connectivity index is 1.14. The number of likely N-dealkylation sites (tertiary alicyclic amines) is 1. The fraction of sp³-hybridized carbons (Fsp3) is 0.514. The standard InChI is InChI=1S/C37H52ClN9O5S/c1-25-20-29(42-35-39-22-27(38)34(43-35)41-28-10-8-9-11-30(28)44(5)53(7)50)32(51-6)21-31(25)46-18-16-45(17-19-46)24-26-12-14-47(15-13-26)33(48)23-40-36(49)52-37(2,3)4/h8-11,20-22,26H,12-19,23-24H2,1-7H3,(H,40,49)(H2,39,41,42,43). The SMILES string of the molecule is COc1cc(N2CCN(CC3CCN(C(=O)CNC(=O)OC(C)(C)C)CC3)CC2)c(C)cc1Nc1ncc(Cl)c(Nc2ccccc2N(C)S(C)=O)n1. The largest absolute Gasteiger partial charge is 0.494 e. The zero-order valence-electron chi connectivity index (χ0n) is 31.7. The number of carbonyl (C=O) groups excluding carboxylic acids is 2. The van der Waals surface area contributed by atoms with Crippen molar-refractivity contribution < 1.29 is 23.3 Å². The quantitative estimate of drug-likeness (QED) is 0.213. The summed E-state index contributed by atoms with van der Waals surface area (Å²) in [5, 5.41) is 9.49. The zero-order chi connectivity index (χ0) is 38.3. The van der Waals surface area contributed by atoms with Crippen LogP contribution in [0, 0.1) is 12.8 Å². The highest BCUT2D eigenvalue weighted by molar-refractivity contribution is 7.85. The summed E-state index contributed by atoms with van der Waals surface area (Å²) >= 11 is 6.50. The second-order valence-corrected chi connectivity index (χ2v) is 16.2. The maximum Gasteiger partial charge on any atom is 0.408 e. The van der Waals surface area contributed by atoms with Crippen molar-refractivity contribution in [2.75, 3.05) is 92.6 Å². The Kier molecular flexibility index (Phi) is 13.3. The lowest BCUT2D eigenvalue weighted by Crippen LogP contribution is -2.50. The molecule has 5 rings (SSSR count). The summed E-state index contributed by atoms with van der Waals surface area (Å²) in [6.45, 7) is 13.5. The molecule has 0 bridgehead atoms. The highest BCUT2D eigenvalue weighted by Crippen LogP contribution is 2.36. The summed E-state index contributed by atoms with van der Waals surface area (Å²) in [5.41, 5.74) is 3.79. The highest BCUT2D eigenvalue weighted by Gasteiger charge is 2.27. The number of anilines is 6. The minimum atomic E-state index is -1.21. The molecule has 2 aliphatic rings. The minimum absolute atomic E-state index is 0.0471. The van der Waals surface area contributed by atoms with Gasteiger partial charge >= 0.3 is 6.09 Å². The first-order chi connectivity index (χ1) is 25.2. The van der Waals surface area contributed by atoms with Gasteiger partial charge in [-0.2, -0.15) is 4.98 Å². The van der Waals surface area contributed by atoms with Crippen molar-refractivity contribution in [1.82, 2.24) is 25.1 Å². The van der Waals surface area contributed by atoms with Crippen LogP contribution in [0.1, 0.15) is 39.2 Å². The lowest BCUT2D eigenvalue weighted by atomic mass is 9.95. The first-order valence-corrected chi connectivity index (χ1v) is 19.7. The van der Waals surface area contributed by atoms with Gasteiger partial charge in [-0.1, -0.05) is 23.7 Å². The Bertz CT molecular complexity index is 1780. The average Bonchev–Trinajstić information content (AvgIpc) is 3.12. The van der Waals surface area contributed by atoms with Gasteiger partial charge in [0.2, 0.25) is 11.9 Å². The molecule has 1 unspecified atom stereocenters. The number of nitrogens with zero attached hydrogens (tertiary/aromatic N) is 6. The average molecular weight is 770 g/mol. The molecule has 14 nitrogen and oxygen atoms in total. The van der Waals surface area contributed by atoms with Gasteiger partial charge in [-0.3, -0.25) is 14.0 Å². The van der Waals surface area contributed by atoms with Gasteiger partial charge in [0.05, 0.1) is 30.4 Å². The van der Waals surface area contributed by atoms with E-state index < -0.39 is 22.7 Å². The molecular formula is C37H52ClN9O5S. The van der Waals surface area contributed by atoms with Crippen molar-refractivity contribution >= 4 is 69.1 Å². The molecular weight excluding hydrogens is 718 g/mol. The number of hydrogen-bond donors (Lipinski definition) is 3. The van der Waals surface area contributed by atoms with Crippen molar-refractivity contribution in [2.24, 2.45) is 5.92 Å². The van der Waals surface area contributed by atoms with E-state index in [0.29, 0.717) is 47.2 Å². The second-order valence-electron chi connectivity index (χ2n) is 14.4. The van der Waals surface area contributed by atoms with Crippen molar-refractivity contribution in [1.29, 1.82) is 0 Å². The molecule has 2 fully saturated rings. The van der Waals surface area contributed by atoms with E-state index in [1.54, 1.807) is 45.5 Å². The van der Waals surface area contributed by atoms with Crippen molar-refractivity contribution in [3.05, 3.63) is 53.2 Å². The van der Waals surface area contributed by atoms with Gasteiger partial charge in [-0.05, 0) is 70.2 Å². The first kappa shape index (κ1) is 39.9. The molecule has 2 amide bonds. The van der Waals surface area contributed by atoms with E-state index in [0.717, 1.165) is 68.2 Å². The van der Waals surface area contributed by atoms with Gasteiger partial charge in [0.25, 0.3) is 0 Å². The number of halogens is 1. The molecule has 2 saturated heterocycles. The molecule has 3 aromatic rings. The van der Waals surface area contributed by atoms with Crippen LogP contribution < -0.4 is 29.9 Å². The highest BCUT2D eigenvalue weighted by atomic mass is 35.5. The zero-order valence-corrected chi connectivity index (χ0v) is 33.3. The van der Waals surface area contributed by atoms with Gasteiger partial charge in [0.1, 0.15) is 33.9 Å². The van der Waals surface area contributed by atoms with E-state index in [1.165, 1.54) is 6.20 Å². The summed E-state index contributed by atoms with van der Waals surface area (Å²) in [4.78, 5) is 40.4. The molecule has 0 spiro atoms. The van der Waals surface area contributed by atoms with E-state index >= 15 is 0 Å². The second kappa shape index (κ2) is 17.7. The Morgan fingerprint density at radius 3 is 2.40 bits per heavy atom. The third-order valence-electron chi connectivity index (χ3n) is 9.37. The van der Waals surface area contributed by atoms with E-state index in [4.69, 9.17) is 21.1 Å². The molecule has 3 N–H and O–H groups in total. The number of hydrogen-bond acceptors (Lipinski definition) is 11. The van der Waals surface area contributed by atoms with Crippen molar-refractivity contribution in [3.63, 3.8) is 0 Å². The molecule has 53 heavy (non-hydrogen) atoms. The summed E-state index contributed by atoms with van der Waals surface area (Å²) in [7, 11) is 2.20. The normalized spacial score (nSPS) is 16.2. The molecule has 16 heteroatoms. The van der Waals surface area contributed by atoms with Crippen molar-refractivity contribution in [2.45, 2.75) is 46.1 Å². The maximum atomic E-state index is 12.7. The number of nitrogens with one attached hydrogen (secondary N) is 3. The van der Waals surface area contributed by atoms with E-state index in [9.17, 15) is 13.8 Å². The van der Waals surface area contributed by atoms with Crippen LogP contribution in [0.15, 0.2) is 42.6 Å². The molecule has 3 heterocycles. The summed E-state index contributed by atoms with van der Waals surface area (Å²) < 4.78 is 24.9. The molecule has 0 radical (unpaired) electrons. The van der Waals surface area contributed by atoms with Gasteiger partial charge in [-0.25, -0.2) is 14.0 Å². The smallest absolute Gasteiger partial charge is 0.408 e. The molecule has 1 aromatic heterocycles. The number of alkyl carbamates (subject to hydrolysis) is 1. The predicted octanol–water partition coefficient (Wildman–Crippen LogP) is 5.55. The lowest BCUT2D eigenvalue weighted by molar-refractivity contribution is -0.131. The third-order valence-corrected chi connectivity index (χ3v) is 10.6. The number of methoxy groups -OCH3 is 1. The monoisotopic (exact) mass is 769 g/mol. The fourth-order valence-electron chi connectivity index (χ4n) is 6.52. The Hall–Kier alpha value is -4.34. The summed E-state index contributed by atoms with van der Waals surface area (Å²) in [6.07, 6.45) is 4.48. The maximum absolute atomic E-state index is 12.7. The minimum Gasteiger partial charge on any atom is -0.494 e. The van der Waals surface area contributed by atoms with E-state index in [1.807, 2.05) is 35.2 Å². The molecule has 288 valence electrons. The number of ether oxygens (including phenoxy) is 2. The number of para-hydroxylation sites is 2. The van der Waals surface area contributed by atoms with Gasteiger partial charge in [0.15, 0.2) is 5.82 Å². The van der Waals surface area contributed by atoms with Crippen LogP contribution in [0.3, 0.4) is 0 Å². The molecule has 1 atom stereocenters. The lowest BCUT2D eigenvalue weighted by Gasteiger charge is -2.40. The molecule has 0 aliphatic carbocycles. The van der Waals surface area contributed by atoms with Crippen LogP contribution in [-0.4, -0.2) is 114 Å². The number of aromatic nitrogens is 2. The summed E-state index contributed by atoms with van der Waals surface area (Å²) in [6, 6.07) is 11.6. The molecule has 2 aliphatic heterocycles. The number of piperazine rings is 1. The topological polar surface area (TPSA) is 144 Å². The molecule has 2 aromatic carbocycles. The van der Waals surface area contributed by atoms with Crippen LogP contribution in [0.4, 0.5) is 39.3 Å². The van der Waals surface area contributed by atoms with Gasteiger partial charge in [-0.15, -0.1) is 0 Å². The number of benzene rings is 2. The van der Waals surface area contributed by atoms with Crippen LogP contribution >= 0.6 is 11.6 Å². The third kappa shape index (κ3) is 10.9.